The normalized spacial score (nSPS) is 20.7. The first-order valence-corrected chi connectivity index (χ1v) is 8.22. The zero-order valence-electron chi connectivity index (χ0n) is 11.3. The maximum absolute atomic E-state index is 12.5. The van der Waals surface area contributed by atoms with Crippen molar-refractivity contribution in [3.05, 3.63) is 0 Å². The number of hydrogen-bond donors (Lipinski definition) is 1. The molecule has 1 heterocycles. The topological polar surface area (TPSA) is 49.4 Å². The van der Waals surface area contributed by atoms with Crippen LogP contribution in [-0.4, -0.2) is 44.2 Å². The molecule has 1 saturated heterocycles. The number of nitrogens with zero attached hydrogens (tertiary/aromatic N) is 1. The first-order chi connectivity index (χ1) is 8.02. The molecular weight excluding hydrogens is 236 g/mol. The molecule has 0 bridgehead atoms. The second-order valence-electron chi connectivity index (χ2n) is 4.96. The third-order valence-electron chi connectivity index (χ3n) is 3.63. The smallest absolute Gasteiger partial charge is 0.217 e. The number of sulfonamides is 1. The summed E-state index contributed by atoms with van der Waals surface area (Å²) in [6.45, 7) is 9.06. The highest BCUT2D eigenvalue weighted by molar-refractivity contribution is 7.89. The van der Waals surface area contributed by atoms with Crippen LogP contribution < -0.4 is 5.32 Å². The molecule has 5 heteroatoms. The Hall–Kier alpha value is -0.130. The fraction of sp³-hybridized carbons (Fsp3) is 1.00. The molecular formula is C12H26N2O2S. The van der Waals surface area contributed by atoms with Crippen LogP contribution in [-0.2, 0) is 10.0 Å². The van der Waals surface area contributed by atoms with E-state index in [0.29, 0.717) is 19.0 Å². The van der Waals surface area contributed by atoms with Crippen LogP contribution in [0.15, 0.2) is 0 Å². The Morgan fingerprint density at radius 2 is 1.88 bits per heavy atom. The summed E-state index contributed by atoms with van der Waals surface area (Å²) in [6.07, 6.45) is 2.52. The quantitative estimate of drug-likeness (QED) is 0.788. The van der Waals surface area contributed by atoms with Crippen LogP contribution in [0, 0.1) is 5.92 Å². The minimum absolute atomic E-state index is 0.173. The standard InChI is InChI=1S/C12H26N2O2S/c1-4-11(3)10-14(5-2)17(15,16)12-6-8-13-9-7-12/h11-13H,4-10H2,1-3H3. The molecule has 0 spiro atoms. The van der Waals surface area contributed by atoms with Gasteiger partial charge in [-0.05, 0) is 31.8 Å². The number of rotatable bonds is 6. The van der Waals surface area contributed by atoms with E-state index in [1.807, 2.05) is 6.92 Å². The van der Waals surface area contributed by atoms with E-state index in [9.17, 15) is 8.42 Å². The van der Waals surface area contributed by atoms with Crippen LogP contribution in [0.5, 0.6) is 0 Å². The summed E-state index contributed by atoms with van der Waals surface area (Å²) in [5, 5.41) is 3.04. The van der Waals surface area contributed by atoms with E-state index in [1.165, 1.54) is 0 Å². The van der Waals surface area contributed by atoms with Gasteiger partial charge in [0.1, 0.15) is 0 Å². The predicted molar refractivity (Wildman–Crippen MR) is 71.5 cm³/mol. The van der Waals surface area contributed by atoms with Gasteiger partial charge < -0.3 is 5.32 Å². The Kier molecular flexibility index (Phi) is 5.89. The number of piperidine rings is 1. The second-order valence-corrected chi connectivity index (χ2v) is 7.17. The molecule has 1 N–H and O–H groups in total. The highest BCUT2D eigenvalue weighted by Gasteiger charge is 2.32. The van der Waals surface area contributed by atoms with Crippen molar-refractivity contribution in [2.45, 2.75) is 45.3 Å². The summed E-state index contributed by atoms with van der Waals surface area (Å²) in [7, 11) is -3.09. The molecule has 17 heavy (non-hydrogen) atoms. The Bertz CT molecular complexity index is 310. The molecule has 1 fully saturated rings. The van der Waals surface area contributed by atoms with Crippen LogP contribution in [0.25, 0.3) is 0 Å². The van der Waals surface area contributed by atoms with Crippen molar-refractivity contribution in [1.82, 2.24) is 9.62 Å². The van der Waals surface area contributed by atoms with Crippen molar-refractivity contribution in [3.8, 4) is 0 Å². The van der Waals surface area contributed by atoms with Crippen LogP contribution in [0.4, 0.5) is 0 Å². The summed E-state index contributed by atoms with van der Waals surface area (Å²) in [6, 6.07) is 0. The SMILES string of the molecule is CCC(C)CN(CC)S(=O)(=O)C1CCNCC1. The van der Waals surface area contributed by atoms with Crippen LogP contribution >= 0.6 is 0 Å². The summed E-state index contributed by atoms with van der Waals surface area (Å²) in [5.74, 6) is 0.437. The fourth-order valence-electron chi connectivity index (χ4n) is 2.19. The lowest BCUT2D eigenvalue weighted by Crippen LogP contribution is -2.45. The van der Waals surface area contributed by atoms with Crippen molar-refractivity contribution in [3.63, 3.8) is 0 Å². The van der Waals surface area contributed by atoms with Gasteiger partial charge in [-0.15, -0.1) is 0 Å². The largest absolute Gasteiger partial charge is 0.317 e. The minimum Gasteiger partial charge on any atom is -0.317 e. The molecule has 1 aliphatic rings. The van der Waals surface area contributed by atoms with Crippen LogP contribution in [0.2, 0.25) is 0 Å². The first-order valence-electron chi connectivity index (χ1n) is 6.72. The highest BCUT2D eigenvalue weighted by Crippen LogP contribution is 2.19. The average Bonchev–Trinajstić information content (AvgIpc) is 2.36. The Labute approximate surface area is 106 Å². The first kappa shape index (κ1) is 14.9. The van der Waals surface area contributed by atoms with E-state index in [1.54, 1.807) is 4.31 Å². The van der Waals surface area contributed by atoms with Gasteiger partial charge in [0.25, 0.3) is 0 Å². The molecule has 4 nitrogen and oxygen atoms in total. The van der Waals surface area contributed by atoms with E-state index < -0.39 is 10.0 Å². The summed E-state index contributed by atoms with van der Waals surface area (Å²) in [5.41, 5.74) is 0. The van der Waals surface area contributed by atoms with Crippen molar-refractivity contribution in [2.24, 2.45) is 5.92 Å². The van der Waals surface area contributed by atoms with Crippen molar-refractivity contribution < 1.29 is 8.42 Å². The van der Waals surface area contributed by atoms with Gasteiger partial charge in [0, 0.05) is 13.1 Å². The van der Waals surface area contributed by atoms with Gasteiger partial charge in [-0.25, -0.2) is 12.7 Å². The average molecular weight is 262 g/mol. The van der Waals surface area contributed by atoms with Gasteiger partial charge in [0.05, 0.1) is 5.25 Å². The molecule has 1 atom stereocenters. The third-order valence-corrected chi connectivity index (χ3v) is 6.07. The second kappa shape index (κ2) is 6.71. The molecule has 0 aromatic carbocycles. The van der Waals surface area contributed by atoms with Gasteiger partial charge in [-0.2, -0.15) is 0 Å². The predicted octanol–water partition coefficient (Wildman–Crippen LogP) is 1.44. The van der Waals surface area contributed by atoms with Gasteiger partial charge in [-0.3, -0.25) is 0 Å². The van der Waals surface area contributed by atoms with Crippen molar-refractivity contribution >= 4 is 10.0 Å². The lowest BCUT2D eigenvalue weighted by molar-refractivity contribution is 0.350. The maximum atomic E-state index is 12.5. The summed E-state index contributed by atoms with van der Waals surface area (Å²) < 4.78 is 26.6. The highest BCUT2D eigenvalue weighted by atomic mass is 32.2. The van der Waals surface area contributed by atoms with Crippen molar-refractivity contribution in [2.75, 3.05) is 26.2 Å². The molecule has 0 amide bonds. The molecule has 0 saturated carbocycles. The lowest BCUT2D eigenvalue weighted by atomic mass is 10.1. The number of nitrogens with one attached hydrogen (secondary N) is 1. The Morgan fingerprint density at radius 3 is 2.35 bits per heavy atom. The van der Waals surface area contributed by atoms with E-state index in [-0.39, 0.29) is 5.25 Å². The molecule has 0 radical (unpaired) electrons. The molecule has 0 aromatic rings. The zero-order valence-corrected chi connectivity index (χ0v) is 12.1. The molecule has 1 unspecified atom stereocenters. The molecule has 0 aliphatic carbocycles. The van der Waals surface area contributed by atoms with Crippen LogP contribution in [0.3, 0.4) is 0 Å². The lowest BCUT2D eigenvalue weighted by Gasteiger charge is -2.30. The van der Waals surface area contributed by atoms with Crippen LogP contribution in [0.1, 0.15) is 40.0 Å². The van der Waals surface area contributed by atoms with E-state index in [0.717, 1.165) is 32.4 Å². The molecule has 102 valence electrons. The number of hydrogen-bond acceptors (Lipinski definition) is 3. The van der Waals surface area contributed by atoms with E-state index in [4.69, 9.17) is 0 Å². The van der Waals surface area contributed by atoms with Gasteiger partial charge >= 0.3 is 0 Å². The molecule has 1 aliphatic heterocycles. The molecule has 0 aromatic heterocycles. The minimum atomic E-state index is -3.09. The molecule has 1 rings (SSSR count). The summed E-state index contributed by atoms with van der Waals surface area (Å²) in [4.78, 5) is 0. The Morgan fingerprint density at radius 1 is 1.29 bits per heavy atom. The zero-order chi connectivity index (χ0) is 12.9. The summed E-state index contributed by atoms with van der Waals surface area (Å²) >= 11 is 0. The monoisotopic (exact) mass is 262 g/mol. The van der Waals surface area contributed by atoms with Gasteiger partial charge in [0.2, 0.25) is 10.0 Å². The van der Waals surface area contributed by atoms with E-state index >= 15 is 0 Å². The fourth-order valence-corrected chi connectivity index (χ4v) is 4.27. The maximum Gasteiger partial charge on any atom is 0.217 e. The van der Waals surface area contributed by atoms with Crippen molar-refractivity contribution in [1.29, 1.82) is 0 Å². The van der Waals surface area contributed by atoms with E-state index in [2.05, 4.69) is 19.2 Å². The van der Waals surface area contributed by atoms with Gasteiger partial charge in [0.15, 0.2) is 0 Å². The third kappa shape index (κ3) is 3.93. The Balaban J connectivity index is 2.70. The van der Waals surface area contributed by atoms with Gasteiger partial charge in [-0.1, -0.05) is 27.2 Å².